The van der Waals surface area contributed by atoms with E-state index in [1.807, 2.05) is 0 Å². The van der Waals surface area contributed by atoms with Gasteiger partial charge in [0.25, 0.3) is 0 Å². The van der Waals surface area contributed by atoms with Gasteiger partial charge in [-0.15, -0.1) is 0 Å². The molecule has 5 nitrogen and oxygen atoms in total. The van der Waals surface area contributed by atoms with Crippen LogP contribution in [0.4, 0.5) is 19.0 Å². The Balaban J connectivity index is 2.22. The predicted molar refractivity (Wildman–Crippen MR) is 65.5 cm³/mol. The molecule has 2 rings (SSSR count). The first-order valence-electron chi connectivity index (χ1n) is 6.00. The summed E-state index contributed by atoms with van der Waals surface area (Å²) in [6, 6.07) is 1.10. The second kappa shape index (κ2) is 5.28. The number of anilines is 1. The summed E-state index contributed by atoms with van der Waals surface area (Å²) in [6.45, 7) is 1.00. The van der Waals surface area contributed by atoms with Crippen molar-refractivity contribution in [2.24, 2.45) is 0 Å². The average Bonchev–Trinajstić information content (AvgIpc) is 2.38. The Hall–Kier alpha value is -1.83. The Labute approximate surface area is 113 Å². The van der Waals surface area contributed by atoms with Gasteiger partial charge in [0.05, 0.1) is 5.56 Å². The standard InChI is InChI=1S/C12H14F3N3O2/c1-17-4-5-18(7-9(17)11(19)20)10-6-8(2-3-16-10)12(13,14)15/h2-3,6,9H,4-5,7H2,1H3,(H,19,20)/t9-/m0/s1. The van der Waals surface area contributed by atoms with E-state index in [1.54, 1.807) is 16.8 Å². The molecule has 2 heterocycles. The average molecular weight is 289 g/mol. The fourth-order valence-electron chi connectivity index (χ4n) is 2.12. The first-order chi connectivity index (χ1) is 9.29. The lowest BCUT2D eigenvalue weighted by Gasteiger charge is -2.37. The number of carbonyl (C=O) groups is 1. The van der Waals surface area contributed by atoms with Gasteiger partial charge in [0.2, 0.25) is 0 Å². The summed E-state index contributed by atoms with van der Waals surface area (Å²) in [6.07, 6.45) is -3.34. The second-order valence-electron chi connectivity index (χ2n) is 4.68. The first kappa shape index (κ1) is 14.6. The Bertz CT molecular complexity index is 507. The first-order valence-corrected chi connectivity index (χ1v) is 6.00. The lowest BCUT2D eigenvalue weighted by molar-refractivity contribution is -0.143. The number of aromatic nitrogens is 1. The van der Waals surface area contributed by atoms with Crippen LogP contribution in [0.5, 0.6) is 0 Å². The fourth-order valence-corrected chi connectivity index (χ4v) is 2.12. The second-order valence-corrected chi connectivity index (χ2v) is 4.68. The zero-order valence-electron chi connectivity index (χ0n) is 10.8. The molecule has 1 aromatic heterocycles. The summed E-state index contributed by atoms with van der Waals surface area (Å²) in [5.74, 6) is -0.844. The molecule has 0 aliphatic carbocycles. The van der Waals surface area contributed by atoms with E-state index >= 15 is 0 Å². The fraction of sp³-hybridized carbons (Fsp3) is 0.500. The zero-order chi connectivity index (χ0) is 14.9. The number of hydrogen-bond donors (Lipinski definition) is 1. The van der Waals surface area contributed by atoms with Crippen LogP contribution in [0.25, 0.3) is 0 Å². The van der Waals surface area contributed by atoms with Crippen LogP contribution in [0, 0.1) is 0 Å². The molecule has 20 heavy (non-hydrogen) atoms. The number of hydrogen-bond acceptors (Lipinski definition) is 4. The van der Waals surface area contributed by atoms with Crippen LogP contribution in [0.1, 0.15) is 5.56 Å². The van der Waals surface area contributed by atoms with E-state index in [-0.39, 0.29) is 12.4 Å². The summed E-state index contributed by atoms with van der Waals surface area (Å²) in [4.78, 5) is 18.2. The molecule has 8 heteroatoms. The molecular weight excluding hydrogens is 275 g/mol. The third-order valence-corrected chi connectivity index (χ3v) is 3.33. The van der Waals surface area contributed by atoms with Crippen molar-refractivity contribution in [2.75, 3.05) is 31.6 Å². The summed E-state index contributed by atoms with van der Waals surface area (Å²) in [5.41, 5.74) is -0.784. The monoisotopic (exact) mass is 289 g/mol. The number of rotatable bonds is 2. The summed E-state index contributed by atoms with van der Waals surface area (Å²) < 4.78 is 38.0. The van der Waals surface area contributed by atoms with Gasteiger partial charge in [-0.2, -0.15) is 13.2 Å². The quantitative estimate of drug-likeness (QED) is 0.889. The molecule has 0 bridgehead atoms. The van der Waals surface area contributed by atoms with E-state index in [4.69, 9.17) is 5.11 Å². The van der Waals surface area contributed by atoms with Crippen LogP contribution in [-0.2, 0) is 11.0 Å². The van der Waals surface area contributed by atoms with Crippen LogP contribution in [0.3, 0.4) is 0 Å². The topological polar surface area (TPSA) is 56.7 Å². The number of nitrogens with zero attached hydrogens (tertiary/aromatic N) is 3. The van der Waals surface area contributed by atoms with E-state index in [9.17, 15) is 18.0 Å². The molecule has 0 saturated carbocycles. The highest BCUT2D eigenvalue weighted by molar-refractivity contribution is 5.74. The number of halogens is 3. The molecule has 1 aromatic rings. The smallest absolute Gasteiger partial charge is 0.416 e. The maximum atomic E-state index is 12.7. The molecule has 110 valence electrons. The van der Waals surface area contributed by atoms with Crippen molar-refractivity contribution < 1.29 is 23.1 Å². The van der Waals surface area contributed by atoms with Gasteiger partial charge in [0, 0.05) is 25.8 Å². The molecule has 1 atom stereocenters. The third kappa shape index (κ3) is 3.01. The predicted octanol–water partition coefficient (Wildman–Crippen LogP) is 1.31. The highest BCUT2D eigenvalue weighted by Crippen LogP contribution is 2.31. The normalized spacial score (nSPS) is 21.0. The Kier molecular flexibility index (Phi) is 3.85. The van der Waals surface area contributed by atoms with E-state index in [1.165, 1.54) is 0 Å². The van der Waals surface area contributed by atoms with E-state index in [0.29, 0.717) is 13.1 Å². The zero-order valence-corrected chi connectivity index (χ0v) is 10.8. The van der Waals surface area contributed by atoms with Gasteiger partial charge in [-0.05, 0) is 19.2 Å². The van der Waals surface area contributed by atoms with Crippen molar-refractivity contribution in [3.8, 4) is 0 Å². The minimum atomic E-state index is -4.43. The highest BCUT2D eigenvalue weighted by atomic mass is 19.4. The van der Waals surface area contributed by atoms with Crippen molar-refractivity contribution in [3.63, 3.8) is 0 Å². The third-order valence-electron chi connectivity index (χ3n) is 3.33. The van der Waals surface area contributed by atoms with E-state index < -0.39 is 23.8 Å². The van der Waals surface area contributed by atoms with Crippen molar-refractivity contribution in [2.45, 2.75) is 12.2 Å². The number of carboxylic acids is 1. The van der Waals surface area contributed by atoms with Gasteiger partial charge >= 0.3 is 12.1 Å². The number of pyridine rings is 1. The lowest BCUT2D eigenvalue weighted by Crippen LogP contribution is -2.55. The molecule has 1 fully saturated rings. The van der Waals surface area contributed by atoms with Gasteiger partial charge in [0.15, 0.2) is 0 Å². The molecule has 0 spiro atoms. The summed E-state index contributed by atoms with van der Waals surface area (Å²) >= 11 is 0. The largest absolute Gasteiger partial charge is 0.480 e. The van der Waals surface area contributed by atoms with Gasteiger partial charge in [-0.3, -0.25) is 9.69 Å². The maximum absolute atomic E-state index is 12.7. The number of alkyl halides is 3. The van der Waals surface area contributed by atoms with Crippen molar-refractivity contribution >= 4 is 11.8 Å². The van der Waals surface area contributed by atoms with Gasteiger partial charge in [0.1, 0.15) is 11.9 Å². The number of carboxylic acid groups (broad SMARTS) is 1. The van der Waals surface area contributed by atoms with Gasteiger partial charge < -0.3 is 10.0 Å². The van der Waals surface area contributed by atoms with Crippen molar-refractivity contribution in [1.29, 1.82) is 0 Å². The molecule has 1 saturated heterocycles. The van der Waals surface area contributed by atoms with Crippen LogP contribution < -0.4 is 4.90 Å². The van der Waals surface area contributed by atoms with Crippen LogP contribution in [-0.4, -0.2) is 53.7 Å². The van der Waals surface area contributed by atoms with Crippen molar-refractivity contribution in [1.82, 2.24) is 9.88 Å². The summed E-state index contributed by atoms with van der Waals surface area (Å²) in [5, 5.41) is 9.09. The minimum absolute atomic E-state index is 0.111. The molecule has 0 radical (unpaired) electrons. The molecule has 1 aliphatic heterocycles. The van der Waals surface area contributed by atoms with Crippen LogP contribution in [0.15, 0.2) is 18.3 Å². The SMILES string of the molecule is CN1CCN(c2cc(C(F)(F)F)ccn2)C[C@H]1C(=O)O. The number of piperazine rings is 1. The summed E-state index contributed by atoms with van der Waals surface area (Å²) in [7, 11) is 1.68. The van der Waals surface area contributed by atoms with Gasteiger partial charge in [-0.25, -0.2) is 4.98 Å². The van der Waals surface area contributed by atoms with Crippen LogP contribution >= 0.6 is 0 Å². The Morgan fingerprint density at radius 2 is 2.15 bits per heavy atom. The number of aliphatic carboxylic acids is 1. The van der Waals surface area contributed by atoms with Gasteiger partial charge in [-0.1, -0.05) is 0 Å². The molecule has 0 amide bonds. The molecule has 1 N–H and O–H groups in total. The molecular formula is C12H14F3N3O2. The molecule has 1 aliphatic rings. The maximum Gasteiger partial charge on any atom is 0.416 e. The highest BCUT2D eigenvalue weighted by Gasteiger charge is 2.33. The Morgan fingerprint density at radius 3 is 2.75 bits per heavy atom. The molecule has 0 aromatic carbocycles. The minimum Gasteiger partial charge on any atom is -0.480 e. The van der Waals surface area contributed by atoms with Crippen molar-refractivity contribution in [3.05, 3.63) is 23.9 Å². The van der Waals surface area contributed by atoms with E-state index in [0.717, 1.165) is 18.3 Å². The lowest BCUT2D eigenvalue weighted by atomic mass is 10.1. The van der Waals surface area contributed by atoms with Crippen LogP contribution in [0.2, 0.25) is 0 Å². The number of likely N-dealkylation sites (N-methyl/N-ethyl adjacent to an activating group) is 1. The Morgan fingerprint density at radius 1 is 1.45 bits per heavy atom. The van der Waals surface area contributed by atoms with E-state index in [2.05, 4.69) is 4.98 Å². The molecule has 0 unspecified atom stereocenters.